The summed E-state index contributed by atoms with van der Waals surface area (Å²) in [6.45, 7) is 0. The molecule has 0 atom stereocenters. The van der Waals surface area contributed by atoms with Gasteiger partial charge >= 0.3 is 6.18 Å². The summed E-state index contributed by atoms with van der Waals surface area (Å²) < 4.78 is 66.0. The number of hydrogen-bond donors (Lipinski definition) is 0. The lowest BCUT2D eigenvalue weighted by Crippen LogP contribution is -2.26. The summed E-state index contributed by atoms with van der Waals surface area (Å²) in [5, 5.41) is 0. The molecule has 4 rings (SSSR count). The molecule has 2 fully saturated rings. The summed E-state index contributed by atoms with van der Waals surface area (Å²) in [4.78, 5) is 0. The first kappa shape index (κ1) is 23.0. The molecule has 0 aromatic heterocycles. The Kier molecular flexibility index (Phi) is 7.02. The van der Waals surface area contributed by atoms with E-state index in [1.807, 2.05) is 42.5 Å². The lowest BCUT2D eigenvalue weighted by atomic mass is 9.68. The van der Waals surface area contributed by atoms with Crippen molar-refractivity contribution in [3.8, 4) is 11.1 Å². The Morgan fingerprint density at radius 1 is 0.750 bits per heavy atom. The van der Waals surface area contributed by atoms with Gasteiger partial charge in [0.2, 0.25) is 0 Å². The SMILES string of the molecule is F/C(=C\C(F)(F)F)C1CCC(C2CCC(c3ccc(-c4ccccc4)cc3F)CC2)CC1. The molecule has 2 saturated carbocycles. The van der Waals surface area contributed by atoms with Crippen molar-refractivity contribution >= 4 is 0 Å². The summed E-state index contributed by atoms with van der Waals surface area (Å²) >= 11 is 0. The predicted molar refractivity (Wildman–Crippen MR) is 117 cm³/mol. The summed E-state index contributed by atoms with van der Waals surface area (Å²) in [5.41, 5.74) is 2.66. The zero-order valence-electron chi connectivity index (χ0n) is 18.1. The van der Waals surface area contributed by atoms with Crippen molar-refractivity contribution in [2.75, 3.05) is 0 Å². The van der Waals surface area contributed by atoms with Gasteiger partial charge in [-0.3, -0.25) is 0 Å². The fraction of sp³-hybridized carbons (Fsp3) is 0.481. The van der Waals surface area contributed by atoms with E-state index in [0.29, 0.717) is 24.7 Å². The monoisotopic (exact) mass is 448 g/mol. The molecule has 0 unspecified atom stereocenters. The van der Waals surface area contributed by atoms with Crippen LogP contribution in [0.1, 0.15) is 62.8 Å². The van der Waals surface area contributed by atoms with Crippen LogP contribution in [-0.2, 0) is 0 Å². The van der Waals surface area contributed by atoms with Gasteiger partial charge in [-0.1, -0.05) is 42.5 Å². The normalized spacial score (nSPS) is 27.3. The van der Waals surface area contributed by atoms with Crippen molar-refractivity contribution in [3.63, 3.8) is 0 Å². The van der Waals surface area contributed by atoms with Gasteiger partial charge < -0.3 is 0 Å². The molecule has 5 heteroatoms. The third-order valence-corrected chi connectivity index (χ3v) is 7.45. The predicted octanol–water partition coefficient (Wildman–Crippen LogP) is 8.99. The lowest BCUT2D eigenvalue weighted by molar-refractivity contribution is -0.0821. The molecule has 0 heterocycles. The van der Waals surface area contributed by atoms with Crippen LogP contribution < -0.4 is 0 Å². The molecule has 2 aromatic carbocycles. The summed E-state index contributed by atoms with van der Waals surface area (Å²) in [6, 6.07) is 15.3. The molecule has 0 nitrogen and oxygen atoms in total. The fourth-order valence-corrected chi connectivity index (χ4v) is 5.71. The van der Waals surface area contributed by atoms with E-state index in [1.54, 1.807) is 6.07 Å². The van der Waals surface area contributed by atoms with Crippen LogP contribution in [0.5, 0.6) is 0 Å². The minimum atomic E-state index is -4.59. The number of alkyl halides is 3. The Balaban J connectivity index is 1.31. The van der Waals surface area contributed by atoms with Crippen molar-refractivity contribution in [2.45, 2.75) is 63.5 Å². The fourth-order valence-electron chi connectivity index (χ4n) is 5.71. The van der Waals surface area contributed by atoms with Gasteiger partial charge in [-0.2, -0.15) is 13.2 Å². The second-order valence-electron chi connectivity index (χ2n) is 9.40. The quantitative estimate of drug-likeness (QED) is 0.409. The van der Waals surface area contributed by atoms with E-state index in [0.717, 1.165) is 55.2 Å². The number of rotatable bonds is 4. The third kappa shape index (κ3) is 5.60. The summed E-state index contributed by atoms with van der Waals surface area (Å²) in [7, 11) is 0. The Bertz CT molecular complexity index is 915. The Morgan fingerprint density at radius 2 is 1.34 bits per heavy atom. The third-order valence-electron chi connectivity index (χ3n) is 7.45. The van der Waals surface area contributed by atoms with Crippen LogP contribution in [0.25, 0.3) is 11.1 Å². The highest BCUT2D eigenvalue weighted by Gasteiger charge is 2.34. The van der Waals surface area contributed by atoms with Gasteiger partial charge in [0.15, 0.2) is 0 Å². The second kappa shape index (κ2) is 9.76. The van der Waals surface area contributed by atoms with Gasteiger partial charge in [-0.05, 0) is 91.9 Å². The molecule has 0 radical (unpaired) electrons. The molecule has 0 amide bonds. The molecule has 0 saturated heterocycles. The maximum atomic E-state index is 14.9. The van der Waals surface area contributed by atoms with Gasteiger partial charge in [0.25, 0.3) is 0 Å². The molecule has 2 aromatic rings. The maximum absolute atomic E-state index is 14.9. The largest absolute Gasteiger partial charge is 0.412 e. The van der Waals surface area contributed by atoms with E-state index in [-0.39, 0.29) is 17.8 Å². The number of benzene rings is 2. The Morgan fingerprint density at radius 3 is 1.91 bits per heavy atom. The molecule has 0 aliphatic heterocycles. The first-order chi connectivity index (χ1) is 15.3. The van der Waals surface area contributed by atoms with Crippen LogP contribution in [-0.4, -0.2) is 6.18 Å². The van der Waals surface area contributed by atoms with Crippen LogP contribution in [0.3, 0.4) is 0 Å². The molecule has 0 spiro atoms. The summed E-state index contributed by atoms with van der Waals surface area (Å²) in [5.74, 6) is -0.609. The Labute approximate surface area is 186 Å². The summed E-state index contributed by atoms with van der Waals surface area (Å²) in [6.07, 6.45) is 1.61. The van der Waals surface area contributed by atoms with Crippen LogP contribution in [0.2, 0.25) is 0 Å². The van der Waals surface area contributed by atoms with Crippen LogP contribution >= 0.6 is 0 Å². The van der Waals surface area contributed by atoms with Gasteiger partial charge in [-0.25, -0.2) is 8.78 Å². The van der Waals surface area contributed by atoms with Crippen LogP contribution in [0.4, 0.5) is 22.0 Å². The van der Waals surface area contributed by atoms with E-state index in [4.69, 9.17) is 0 Å². The van der Waals surface area contributed by atoms with Gasteiger partial charge in [-0.15, -0.1) is 0 Å². The zero-order valence-corrected chi connectivity index (χ0v) is 18.1. The first-order valence-corrected chi connectivity index (χ1v) is 11.6. The molecular formula is C27H29F5. The minimum absolute atomic E-state index is 0.151. The average molecular weight is 449 g/mol. The van der Waals surface area contributed by atoms with E-state index in [9.17, 15) is 22.0 Å². The topological polar surface area (TPSA) is 0 Å². The second-order valence-corrected chi connectivity index (χ2v) is 9.40. The van der Waals surface area contributed by atoms with Crippen molar-refractivity contribution in [1.29, 1.82) is 0 Å². The molecule has 0 bridgehead atoms. The van der Waals surface area contributed by atoms with Crippen LogP contribution in [0.15, 0.2) is 60.4 Å². The lowest BCUT2D eigenvalue weighted by Gasteiger charge is -2.37. The zero-order chi connectivity index (χ0) is 22.7. The minimum Gasteiger partial charge on any atom is -0.212 e. The van der Waals surface area contributed by atoms with Gasteiger partial charge in [0.1, 0.15) is 11.6 Å². The van der Waals surface area contributed by atoms with E-state index >= 15 is 0 Å². The molecule has 172 valence electrons. The smallest absolute Gasteiger partial charge is 0.212 e. The first-order valence-electron chi connectivity index (χ1n) is 11.6. The van der Waals surface area contributed by atoms with E-state index in [1.165, 1.54) is 0 Å². The maximum Gasteiger partial charge on any atom is 0.412 e. The molecular weight excluding hydrogens is 419 g/mol. The van der Waals surface area contributed by atoms with E-state index < -0.39 is 17.9 Å². The van der Waals surface area contributed by atoms with Crippen molar-refractivity contribution in [3.05, 3.63) is 71.8 Å². The highest BCUT2D eigenvalue weighted by molar-refractivity contribution is 5.63. The molecule has 2 aliphatic carbocycles. The Hall–Kier alpha value is -2.17. The molecule has 32 heavy (non-hydrogen) atoms. The van der Waals surface area contributed by atoms with Crippen molar-refractivity contribution < 1.29 is 22.0 Å². The standard InChI is InChI=1S/C27H29F5/c28-25-16-23(18-4-2-1-3-5-18)14-15-24(25)21-10-6-19(7-11-21)20-8-12-22(13-9-20)26(29)17-27(30,31)32/h1-5,14-17,19-22H,6-13H2/b26-17-. The number of halogens is 5. The van der Waals surface area contributed by atoms with Gasteiger partial charge in [0.05, 0.1) is 6.08 Å². The highest BCUT2D eigenvalue weighted by atomic mass is 19.4. The molecule has 2 aliphatic rings. The van der Waals surface area contributed by atoms with Gasteiger partial charge in [0, 0.05) is 5.92 Å². The van der Waals surface area contributed by atoms with Crippen molar-refractivity contribution in [2.24, 2.45) is 17.8 Å². The average Bonchev–Trinajstić information content (AvgIpc) is 2.79. The van der Waals surface area contributed by atoms with Crippen molar-refractivity contribution in [1.82, 2.24) is 0 Å². The number of hydrogen-bond acceptors (Lipinski definition) is 0. The molecule has 0 N–H and O–H groups in total. The number of allylic oxidation sites excluding steroid dienone is 2. The van der Waals surface area contributed by atoms with Crippen LogP contribution in [0, 0.1) is 23.6 Å². The van der Waals surface area contributed by atoms with E-state index in [2.05, 4.69) is 0 Å². The highest BCUT2D eigenvalue weighted by Crippen LogP contribution is 2.46.